The van der Waals surface area contributed by atoms with Gasteiger partial charge in [-0.15, -0.1) is 5.10 Å². The van der Waals surface area contributed by atoms with Gasteiger partial charge in [0.2, 0.25) is 0 Å². The fourth-order valence-electron chi connectivity index (χ4n) is 1.81. The molecule has 0 saturated carbocycles. The van der Waals surface area contributed by atoms with Gasteiger partial charge < -0.3 is 10.6 Å². The zero-order valence-electron chi connectivity index (χ0n) is 10.9. The average molecular weight is 260 g/mol. The fraction of sp³-hybridized carbons (Fsp3) is 0.286. The van der Waals surface area contributed by atoms with Crippen molar-refractivity contribution in [1.29, 1.82) is 0 Å². The Morgan fingerprint density at radius 3 is 2.58 bits per heavy atom. The van der Waals surface area contributed by atoms with Crippen LogP contribution in [0.25, 0.3) is 0 Å². The van der Waals surface area contributed by atoms with Crippen LogP contribution in [0.4, 0.5) is 15.9 Å². The summed E-state index contributed by atoms with van der Waals surface area (Å²) in [5.41, 5.74) is 6.86. The van der Waals surface area contributed by atoms with Gasteiger partial charge in [0.15, 0.2) is 5.82 Å². The minimum Gasteiger partial charge on any atom is -0.330 e. The number of rotatable bonds is 5. The van der Waals surface area contributed by atoms with Crippen molar-refractivity contribution in [2.75, 3.05) is 18.0 Å². The monoisotopic (exact) mass is 260 g/mol. The molecule has 100 valence electrons. The molecule has 1 aromatic carbocycles. The zero-order chi connectivity index (χ0) is 13.7. The summed E-state index contributed by atoms with van der Waals surface area (Å²) < 4.78 is 13.9. The molecule has 1 heterocycles. The molecule has 0 amide bonds. The highest BCUT2D eigenvalue weighted by molar-refractivity contribution is 5.60. The minimum atomic E-state index is -0.276. The van der Waals surface area contributed by atoms with Crippen LogP contribution < -0.4 is 10.6 Å². The lowest BCUT2D eigenvalue weighted by atomic mass is 10.2. The predicted molar refractivity (Wildman–Crippen MR) is 73.8 cm³/mol. The second-order valence-electron chi connectivity index (χ2n) is 4.28. The van der Waals surface area contributed by atoms with Crippen molar-refractivity contribution < 1.29 is 4.39 Å². The molecule has 0 unspecified atom stereocenters. The van der Waals surface area contributed by atoms with E-state index in [1.165, 1.54) is 6.07 Å². The number of para-hydroxylation sites is 1. The molecule has 19 heavy (non-hydrogen) atoms. The molecule has 0 spiro atoms. The van der Waals surface area contributed by atoms with Crippen molar-refractivity contribution in [2.45, 2.75) is 13.3 Å². The molecule has 0 fully saturated rings. The van der Waals surface area contributed by atoms with E-state index in [9.17, 15) is 4.39 Å². The molecule has 0 atom stereocenters. The Balaban J connectivity index is 2.35. The quantitative estimate of drug-likeness (QED) is 0.897. The lowest BCUT2D eigenvalue weighted by Crippen LogP contribution is -2.23. The molecule has 4 nitrogen and oxygen atoms in total. The summed E-state index contributed by atoms with van der Waals surface area (Å²) in [6.45, 7) is 3.02. The van der Waals surface area contributed by atoms with E-state index in [-0.39, 0.29) is 5.82 Å². The first kappa shape index (κ1) is 13.4. The zero-order valence-corrected chi connectivity index (χ0v) is 10.9. The highest BCUT2D eigenvalue weighted by atomic mass is 19.1. The van der Waals surface area contributed by atoms with Crippen molar-refractivity contribution >= 4 is 11.5 Å². The first-order chi connectivity index (χ1) is 9.22. The number of nitrogens with two attached hydrogens (primary N) is 1. The Hall–Kier alpha value is -2.01. The van der Waals surface area contributed by atoms with Gasteiger partial charge in [-0.05, 0) is 44.2 Å². The van der Waals surface area contributed by atoms with Gasteiger partial charge in [0.05, 0.1) is 11.4 Å². The lowest BCUT2D eigenvalue weighted by molar-refractivity contribution is 0.622. The van der Waals surface area contributed by atoms with E-state index in [1.54, 1.807) is 23.1 Å². The van der Waals surface area contributed by atoms with Crippen molar-refractivity contribution in [3.63, 3.8) is 0 Å². The van der Waals surface area contributed by atoms with Crippen LogP contribution >= 0.6 is 0 Å². The number of nitrogens with zero attached hydrogens (tertiary/aromatic N) is 3. The molecule has 5 heteroatoms. The van der Waals surface area contributed by atoms with E-state index in [2.05, 4.69) is 10.2 Å². The standard InChI is InChI=1S/C14H17FN4/c1-11-7-8-14(18-17-11)19(10-4-9-16)13-6-3-2-5-12(13)15/h2-3,5-8H,4,9-10,16H2,1H3. The number of halogens is 1. The van der Waals surface area contributed by atoms with E-state index in [4.69, 9.17) is 5.73 Å². The highest BCUT2D eigenvalue weighted by Crippen LogP contribution is 2.25. The minimum absolute atomic E-state index is 0.276. The first-order valence-electron chi connectivity index (χ1n) is 6.25. The van der Waals surface area contributed by atoms with Gasteiger partial charge in [0, 0.05) is 6.54 Å². The summed E-state index contributed by atoms with van der Waals surface area (Å²) in [6.07, 6.45) is 0.754. The van der Waals surface area contributed by atoms with Crippen LogP contribution in [0, 0.1) is 12.7 Å². The number of aromatic nitrogens is 2. The first-order valence-corrected chi connectivity index (χ1v) is 6.25. The summed E-state index contributed by atoms with van der Waals surface area (Å²) in [5.74, 6) is 0.353. The van der Waals surface area contributed by atoms with Crippen LogP contribution in [-0.2, 0) is 0 Å². The number of hydrogen-bond donors (Lipinski definition) is 1. The van der Waals surface area contributed by atoms with Crippen LogP contribution in [0.2, 0.25) is 0 Å². The number of anilines is 2. The van der Waals surface area contributed by atoms with Gasteiger partial charge in [-0.3, -0.25) is 0 Å². The predicted octanol–water partition coefficient (Wildman–Crippen LogP) is 2.41. The normalized spacial score (nSPS) is 10.5. The number of hydrogen-bond acceptors (Lipinski definition) is 4. The third-order valence-electron chi connectivity index (χ3n) is 2.79. The summed E-state index contributed by atoms with van der Waals surface area (Å²) in [5, 5.41) is 8.14. The highest BCUT2D eigenvalue weighted by Gasteiger charge is 2.14. The molecule has 2 rings (SSSR count). The summed E-state index contributed by atoms with van der Waals surface area (Å²) in [7, 11) is 0. The van der Waals surface area contributed by atoms with E-state index < -0.39 is 0 Å². The van der Waals surface area contributed by atoms with Crippen LogP contribution in [0.5, 0.6) is 0 Å². The SMILES string of the molecule is Cc1ccc(N(CCCN)c2ccccc2F)nn1. The molecule has 0 saturated heterocycles. The second-order valence-corrected chi connectivity index (χ2v) is 4.28. The van der Waals surface area contributed by atoms with Crippen LogP contribution in [0.15, 0.2) is 36.4 Å². The lowest BCUT2D eigenvalue weighted by Gasteiger charge is -2.23. The van der Waals surface area contributed by atoms with Gasteiger partial charge >= 0.3 is 0 Å². The third-order valence-corrected chi connectivity index (χ3v) is 2.79. The van der Waals surface area contributed by atoms with Crippen molar-refractivity contribution in [3.8, 4) is 0 Å². The van der Waals surface area contributed by atoms with Crippen LogP contribution in [0.1, 0.15) is 12.1 Å². The van der Waals surface area contributed by atoms with Gasteiger partial charge in [0.1, 0.15) is 5.82 Å². The maximum absolute atomic E-state index is 13.9. The Morgan fingerprint density at radius 1 is 1.16 bits per heavy atom. The van der Waals surface area contributed by atoms with Gasteiger partial charge in [-0.1, -0.05) is 12.1 Å². The van der Waals surface area contributed by atoms with Crippen molar-refractivity contribution in [3.05, 3.63) is 47.9 Å². The molecule has 2 aromatic rings. The molecule has 1 aromatic heterocycles. The molecule has 0 bridgehead atoms. The Kier molecular flexibility index (Phi) is 4.41. The molecule has 2 N–H and O–H groups in total. The van der Waals surface area contributed by atoms with Gasteiger partial charge in [0.25, 0.3) is 0 Å². The van der Waals surface area contributed by atoms with Crippen LogP contribution in [-0.4, -0.2) is 23.3 Å². The van der Waals surface area contributed by atoms with Crippen LogP contribution in [0.3, 0.4) is 0 Å². The Bertz CT molecular complexity index is 527. The topological polar surface area (TPSA) is 55.0 Å². The second kappa shape index (κ2) is 6.24. The van der Waals surface area contributed by atoms with Gasteiger partial charge in [-0.25, -0.2) is 4.39 Å². The summed E-state index contributed by atoms with van der Waals surface area (Å²) >= 11 is 0. The molecule has 0 aliphatic rings. The molecular weight excluding hydrogens is 243 g/mol. The molecule has 0 aliphatic heterocycles. The smallest absolute Gasteiger partial charge is 0.155 e. The van der Waals surface area contributed by atoms with Crippen molar-refractivity contribution in [1.82, 2.24) is 10.2 Å². The maximum atomic E-state index is 13.9. The van der Waals surface area contributed by atoms with Crippen molar-refractivity contribution in [2.24, 2.45) is 5.73 Å². The average Bonchev–Trinajstić information content (AvgIpc) is 2.43. The van der Waals surface area contributed by atoms with E-state index in [0.29, 0.717) is 24.6 Å². The summed E-state index contributed by atoms with van der Waals surface area (Å²) in [4.78, 5) is 1.80. The van der Waals surface area contributed by atoms with E-state index >= 15 is 0 Å². The van der Waals surface area contributed by atoms with E-state index in [0.717, 1.165) is 12.1 Å². The maximum Gasteiger partial charge on any atom is 0.155 e. The molecule has 0 aliphatic carbocycles. The third kappa shape index (κ3) is 3.26. The largest absolute Gasteiger partial charge is 0.330 e. The molecule has 0 radical (unpaired) electrons. The molecular formula is C14H17FN4. The fourth-order valence-corrected chi connectivity index (χ4v) is 1.81. The van der Waals surface area contributed by atoms with Gasteiger partial charge in [-0.2, -0.15) is 5.10 Å². The number of benzene rings is 1. The Labute approximate surface area is 112 Å². The van der Waals surface area contributed by atoms with E-state index in [1.807, 2.05) is 19.1 Å². The Morgan fingerprint density at radius 2 is 1.95 bits per heavy atom. The number of aryl methyl sites for hydroxylation is 1. The summed E-state index contributed by atoms with van der Waals surface area (Å²) in [6, 6.07) is 10.3.